The summed E-state index contributed by atoms with van der Waals surface area (Å²) in [6.07, 6.45) is 3.28. The summed E-state index contributed by atoms with van der Waals surface area (Å²) in [6.45, 7) is 2.17. The smallest absolute Gasteiger partial charge is 0.338 e. The molecule has 96 valence electrons. The highest BCUT2D eigenvalue weighted by Crippen LogP contribution is 2.31. The van der Waals surface area contributed by atoms with Crippen molar-refractivity contribution in [3.05, 3.63) is 35.4 Å². The summed E-state index contributed by atoms with van der Waals surface area (Å²) < 4.78 is 4.99. The summed E-state index contributed by atoms with van der Waals surface area (Å²) in [5, 5.41) is 0. The quantitative estimate of drug-likeness (QED) is 0.770. The van der Waals surface area contributed by atoms with Gasteiger partial charge in [-0.1, -0.05) is 12.1 Å². The number of benzene rings is 1. The van der Waals surface area contributed by atoms with Crippen molar-refractivity contribution in [2.24, 2.45) is 0 Å². The van der Waals surface area contributed by atoms with E-state index < -0.39 is 0 Å². The Morgan fingerprint density at radius 1 is 1.44 bits per heavy atom. The minimum atomic E-state index is -0.290. The Morgan fingerprint density at radius 2 is 2.28 bits per heavy atom. The van der Waals surface area contributed by atoms with Crippen LogP contribution in [0.25, 0.3) is 0 Å². The largest absolute Gasteiger partial charge is 0.462 e. The SMILES string of the molecule is CCOC(=O)c1cccc([C@@H]2CCCC(=O)C2)c1. The van der Waals surface area contributed by atoms with Crippen LogP contribution in [0.15, 0.2) is 24.3 Å². The van der Waals surface area contributed by atoms with Gasteiger partial charge in [0, 0.05) is 12.8 Å². The van der Waals surface area contributed by atoms with Crippen LogP contribution in [0.3, 0.4) is 0 Å². The summed E-state index contributed by atoms with van der Waals surface area (Å²) in [7, 11) is 0. The van der Waals surface area contributed by atoms with Crippen molar-refractivity contribution >= 4 is 11.8 Å². The van der Waals surface area contributed by atoms with E-state index in [2.05, 4.69) is 0 Å². The first kappa shape index (κ1) is 12.8. The first-order chi connectivity index (χ1) is 8.70. The Labute approximate surface area is 107 Å². The highest BCUT2D eigenvalue weighted by atomic mass is 16.5. The molecular formula is C15H18O3. The molecule has 1 aliphatic rings. The Balaban J connectivity index is 2.16. The van der Waals surface area contributed by atoms with Gasteiger partial charge in [0.2, 0.25) is 0 Å². The van der Waals surface area contributed by atoms with E-state index in [1.807, 2.05) is 18.2 Å². The lowest BCUT2D eigenvalue weighted by Gasteiger charge is -2.21. The summed E-state index contributed by atoms with van der Waals surface area (Å²) >= 11 is 0. The van der Waals surface area contributed by atoms with Crippen molar-refractivity contribution in [2.75, 3.05) is 6.61 Å². The molecule has 0 bridgehead atoms. The minimum Gasteiger partial charge on any atom is -0.462 e. The number of hydrogen-bond acceptors (Lipinski definition) is 3. The maximum absolute atomic E-state index is 11.7. The van der Waals surface area contributed by atoms with E-state index in [0.717, 1.165) is 18.4 Å². The molecule has 1 aromatic rings. The second kappa shape index (κ2) is 5.80. The molecule has 3 nitrogen and oxygen atoms in total. The van der Waals surface area contributed by atoms with Crippen molar-refractivity contribution < 1.29 is 14.3 Å². The molecule has 18 heavy (non-hydrogen) atoms. The van der Waals surface area contributed by atoms with Gasteiger partial charge in [-0.3, -0.25) is 4.79 Å². The van der Waals surface area contributed by atoms with E-state index in [-0.39, 0.29) is 11.9 Å². The molecule has 1 atom stereocenters. The van der Waals surface area contributed by atoms with Crippen LogP contribution in [0.5, 0.6) is 0 Å². The fourth-order valence-corrected chi connectivity index (χ4v) is 2.44. The maximum atomic E-state index is 11.7. The average molecular weight is 246 g/mol. The topological polar surface area (TPSA) is 43.4 Å². The van der Waals surface area contributed by atoms with Gasteiger partial charge in [0.15, 0.2) is 0 Å². The first-order valence-electron chi connectivity index (χ1n) is 6.49. The molecule has 0 N–H and O–H groups in total. The van der Waals surface area contributed by atoms with E-state index >= 15 is 0 Å². The fraction of sp³-hybridized carbons (Fsp3) is 0.467. The zero-order valence-corrected chi connectivity index (χ0v) is 10.6. The summed E-state index contributed by atoms with van der Waals surface area (Å²) in [6, 6.07) is 7.47. The van der Waals surface area contributed by atoms with E-state index in [1.54, 1.807) is 13.0 Å². The van der Waals surface area contributed by atoms with Crippen molar-refractivity contribution in [3.8, 4) is 0 Å². The van der Waals surface area contributed by atoms with Gasteiger partial charge >= 0.3 is 5.97 Å². The monoisotopic (exact) mass is 246 g/mol. The van der Waals surface area contributed by atoms with Crippen LogP contribution >= 0.6 is 0 Å². The number of ketones is 1. The number of carbonyl (C=O) groups is 2. The zero-order valence-electron chi connectivity index (χ0n) is 10.6. The highest BCUT2D eigenvalue weighted by molar-refractivity contribution is 5.89. The zero-order chi connectivity index (χ0) is 13.0. The van der Waals surface area contributed by atoms with Gasteiger partial charge in [0.25, 0.3) is 0 Å². The molecule has 0 amide bonds. The van der Waals surface area contributed by atoms with Crippen LogP contribution in [-0.4, -0.2) is 18.4 Å². The lowest BCUT2D eigenvalue weighted by molar-refractivity contribution is -0.120. The van der Waals surface area contributed by atoms with E-state index in [0.29, 0.717) is 30.8 Å². The molecule has 1 saturated carbocycles. The summed E-state index contributed by atoms with van der Waals surface area (Å²) in [4.78, 5) is 23.1. The predicted molar refractivity (Wildman–Crippen MR) is 68.6 cm³/mol. The Morgan fingerprint density at radius 3 is 3.00 bits per heavy atom. The van der Waals surface area contributed by atoms with Crippen LogP contribution in [-0.2, 0) is 9.53 Å². The van der Waals surface area contributed by atoms with E-state index in [1.165, 1.54) is 0 Å². The van der Waals surface area contributed by atoms with Gasteiger partial charge in [-0.2, -0.15) is 0 Å². The van der Waals surface area contributed by atoms with Gasteiger partial charge in [-0.25, -0.2) is 4.79 Å². The Bertz CT molecular complexity index is 451. The predicted octanol–water partition coefficient (Wildman–Crippen LogP) is 3.09. The first-order valence-corrected chi connectivity index (χ1v) is 6.49. The fourth-order valence-electron chi connectivity index (χ4n) is 2.44. The molecule has 2 rings (SSSR count). The molecule has 0 spiro atoms. The molecule has 1 aliphatic carbocycles. The standard InChI is InChI=1S/C15H18O3/c1-2-18-15(17)13-7-3-5-11(9-13)12-6-4-8-14(16)10-12/h3,5,7,9,12H,2,4,6,8,10H2,1H3/t12-/m1/s1. The van der Waals surface area contributed by atoms with Gasteiger partial charge in [-0.15, -0.1) is 0 Å². The summed E-state index contributed by atoms with van der Waals surface area (Å²) in [5.74, 6) is 0.301. The van der Waals surface area contributed by atoms with Crippen LogP contribution in [0.4, 0.5) is 0 Å². The van der Waals surface area contributed by atoms with Gasteiger partial charge in [-0.05, 0) is 43.4 Å². The van der Waals surface area contributed by atoms with E-state index in [9.17, 15) is 9.59 Å². The molecular weight excluding hydrogens is 228 g/mol. The van der Waals surface area contributed by atoms with Crippen LogP contribution in [0.1, 0.15) is 54.4 Å². The molecule has 0 aromatic heterocycles. The average Bonchev–Trinajstić information content (AvgIpc) is 2.39. The van der Waals surface area contributed by atoms with Crippen LogP contribution < -0.4 is 0 Å². The number of hydrogen-bond donors (Lipinski definition) is 0. The van der Waals surface area contributed by atoms with Gasteiger partial charge in [0.05, 0.1) is 12.2 Å². The molecule has 0 radical (unpaired) electrons. The number of carbonyl (C=O) groups excluding carboxylic acids is 2. The Hall–Kier alpha value is -1.64. The van der Waals surface area contributed by atoms with Crippen LogP contribution in [0.2, 0.25) is 0 Å². The molecule has 3 heteroatoms. The van der Waals surface area contributed by atoms with Crippen molar-refractivity contribution in [3.63, 3.8) is 0 Å². The maximum Gasteiger partial charge on any atom is 0.338 e. The molecule has 0 heterocycles. The van der Waals surface area contributed by atoms with Crippen LogP contribution in [0, 0.1) is 0 Å². The van der Waals surface area contributed by atoms with Crippen molar-refractivity contribution in [2.45, 2.75) is 38.5 Å². The second-order valence-corrected chi connectivity index (χ2v) is 4.68. The van der Waals surface area contributed by atoms with Gasteiger partial charge < -0.3 is 4.74 Å². The normalized spacial score (nSPS) is 19.6. The lowest BCUT2D eigenvalue weighted by atomic mass is 9.83. The van der Waals surface area contributed by atoms with Crippen molar-refractivity contribution in [1.82, 2.24) is 0 Å². The minimum absolute atomic E-state index is 0.264. The number of Topliss-reactive ketones (excluding diaryl/α,β-unsaturated/α-hetero) is 1. The van der Waals surface area contributed by atoms with Gasteiger partial charge in [0.1, 0.15) is 5.78 Å². The molecule has 0 unspecified atom stereocenters. The third-order valence-corrected chi connectivity index (χ3v) is 3.35. The third-order valence-electron chi connectivity index (χ3n) is 3.35. The lowest BCUT2D eigenvalue weighted by Crippen LogP contribution is -2.14. The third kappa shape index (κ3) is 2.97. The van der Waals surface area contributed by atoms with E-state index in [4.69, 9.17) is 4.74 Å². The molecule has 1 fully saturated rings. The van der Waals surface area contributed by atoms with Crippen molar-refractivity contribution in [1.29, 1.82) is 0 Å². The molecule has 0 saturated heterocycles. The number of ether oxygens (including phenoxy) is 1. The second-order valence-electron chi connectivity index (χ2n) is 4.68. The summed E-state index contributed by atoms with van der Waals surface area (Å²) in [5.41, 5.74) is 1.65. The highest BCUT2D eigenvalue weighted by Gasteiger charge is 2.21. The number of rotatable bonds is 3. The number of esters is 1. The molecule has 1 aromatic carbocycles. The molecule has 0 aliphatic heterocycles. The Kier molecular flexibility index (Phi) is 4.13.